The number of benzene rings is 2. The molecule has 0 radical (unpaired) electrons. The van der Waals surface area contributed by atoms with Crippen LogP contribution < -0.4 is 15.4 Å². The van der Waals surface area contributed by atoms with Crippen LogP contribution in [-0.4, -0.2) is 69.3 Å². The number of halogens is 1. The molecule has 1 saturated carbocycles. The minimum Gasteiger partial charge on any atom is -0.508 e. The number of nitrogens with zero attached hydrogens (tertiary/aromatic N) is 5. The van der Waals surface area contributed by atoms with Crippen molar-refractivity contribution >= 4 is 27.5 Å². The van der Waals surface area contributed by atoms with Gasteiger partial charge in [-0.15, -0.1) is 6.42 Å². The summed E-state index contributed by atoms with van der Waals surface area (Å²) in [6.45, 7) is 4.17. The average molecular weight is 579 g/mol. The van der Waals surface area contributed by atoms with E-state index < -0.39 is 5.82 Å². The van der Waals surface area contributed by atoms with Crippen molar-refractivity contribution < 1.29 is 14.2 Å². The summed E-state index contributed by atoms with van der Waals surface area (Å²) in [5, 5.41) is 12.4. The van der Waals surface area contributed by atoms with Crippen LogP contribution in [0.25, 0.3) is 32.9 Å². The summed E-state index contributed by atoms with van der Waals surface area (Å²) in [5.41, 5.74) is 7.76. The zero-order valence-electron chi connectivity index (χ0n) is 24.1. The first-order valence-corrected chi connectivity index (χ1v) is 15.4. The van der Waals surface area contributed by atoms with Crippen LogP contribution >= 0.6 is 0 Å². The quantitative estimate of drug-likeness (QED) is 0.324. The van der Waals surface area contributed by atoms with Crippen LogP contribution in [0.15, 0.2) is 36.5 Å². The number of rotatable bonds is 5. The second-order valence-electron chi connectivity index (χ2n) is 12.8. The molecule has 4 aliphatic rings. The Kier molecular flexibility index (Phi) is 6.21. The molecule has 3 saturated heterocycles. The standard InChI is InChI=1S/C34H35FN6O2/c1-2-20-6-3-7-21-14-24(42)15-25(27(20)21)30-28(35)31-26(16-37-30)32(40-17-22-8-9-23(18-40)29(22)36)39-33(38-31)43-19-34-10-4-12-41(34)13-5-11-34/h1,3,6-7,14-16,22-23,29,42H,4-5,8-13,17-19,36H2. The van der Waals surface area contributed by atoms with E-state index in [1.807, 2.05) is 12.1 Å². The van der Waals surface area contributed by atoms with Crippen molar-refractivity contribution in [3.63, 3.8) is 0 Å². The van der Waals surface area contributed by atoms with Gasteiger partial charge in [0.25, 0.3) is 0 Å². The summed E-state index contributed by atoms with van der Waals surface area (Å²) in [7, 11) is 0. The van der Waals surface area contributed by atoms with Crippen LogP contribution in [0.5, 0.6) is 11.8 Å². The number of terminal acetylenes is 1. The van der Waals surface area contributed by atoms with E-state index in [2.05, 4.69) is 25.7 Å². The number of hydrogen-bond donors (Lipinski definition) is 2. The molecule has 3 N–H and O–H groups in total. The molecule has 2 aromatic carbocycles. The molecular weight excluding hydrogens is 543 g/mol. The maximum absolute atomic E-state index is 16.8. The van der Waals surface area contributed by atoms with E-state index in [9.17, 15) is 5.11 Å². The van der Waals surface area contributed by atoms with Gasteiger partial charge in [-0.1, -0.05) is 18.1 Å². The van der Waals surface area contributed by atoms with Crippen LogP contribution in [0.4, 0.5) is 10.2 Å². The lowest BCUT2D eigenvalue weighted by molar-refractivity contribution is 0.108. The summed E-state index contributed by atoms with van der Waals surface area (Å²) in [5.74, 6) is 3.49. The maximum Gasteiger partial charge on any atom is 0.319 e. The molecule has 43 heavy (non-hydrogen) atoms. The van der Waals surface area contributed by atoms with Gasteiger partial charge in [0.15, 0.2) is 5.82 Å². The zero-order chi connectivity index (χ0) is 29.3. The van der Waals surface area contributed by atoms with Gasteiger partial charge in [0.05, 0.1) is 10.9 Å². The van der Waals surface area contributed by atoms with Gasteiger partial charge in [0, 0.05) is 41.8 Å². The van der Waals surface area contributed by atoms with E-state index in [1.165, 1.54) is 6.07 Å². The summed E-state index contributed by atoms with van der Waals surface area (Å²) in [4.78, 5) is 19.0. The highest BCUT2D eigenvalue weighted by atomic mass is 19.1. The van der Waals surface area contributed by atoms with E-state index in [4.69, 9.17) is 21.9 Å². The Balaban J connectivity index is 1.27. The molecule has 2 aromatic heterocycles. The average Bonchev–Trinajstić information content (AvgIpc) is 3.64. The van der Waals surface area contributed by atoms with Crippen LogP contribution in [0.3, 0.4) is 0 Å². The van der Waals surface area contributed by atoms with Gasteiger partial charge in [-0.25, -0.2) is 4.39 Å². The fourth-order valence-corrected chi connectivity index (χ4v) is 8.33. The monoisotopic (exact) mass is 578 g/mol. The number of aromatic hydroxyl groups is 1. The minimum absolute atomic E-state index is 0.00226. The molecule has 5 heterocycles. The normalized spacial score (nSPS) is 24.5. The molecule has 2 bridgehead atoms. The second kappa shape index (κ2) is 10.0. The van der Waals surface area contributed by atoms with Gasteiger partial charge >= 0.3 is 6.01 Å². The number of hydrogen-bond acceptors (Lipinski definition) is 8. The zero-order valence-corrected chi connectivity index (χ0v) is 24.1. The highest BCUT2D eigenvalue weighted by Gasteiger charge is 2.45. The molecule has 3 aliphatic heterocycles. The first kappa shape index (κ1) is 26.6. The smallest absolute Gasteiger partial charge is 0.319 e. The van der Waals surface area contributed by atoms with E-state index in [0.29, 0.717) is 51.5 Å². The first-order chi connectivity index (χ1) is 20.9. The molecule has 4 aromatic rings. The van der Waals surface area contributed by atoms with E-state index in [-0.39, 0.29) is 34.6 Å². The number of phenols is 1. The number of piperidine rings is 1. The molecular formula is C34H35FN6O2. The lowest BCUT2D eigenvalue weighted by Crippen LogP contribution is -2.49. The van der Waals surface area contributed by atoms with Gasteiger partial charge < -0.3 is 20.5 Å². The third-order valence-corrected chi connectivity index (χ3v) is 10.5. The number of pyridine rings is 1. The van der Waals surface area contributed by atoms with Crippen LogP contribution in [0, 0.1) is 30.0 Å². The summed E-state index contributed by atoms with van der Waals surface area (Å²) < 4.78 is 23.2. The lowest BCUT2D eigenvalue weighted by atomic mass is 9.93. The van der Waals surface area contributed by atoms with Gasteiger partial charge in [-0.3, -0.25) is 9.88 Å². The fourth-order valence-electron chi connectivity index (χ4n) is 8.33. The number of fused-ring (bicyclic) bond motifs is 5. The largest absolute Gasteiger partial charge is 0.508 e. The van der Waals surface area contributed by atoms with Gasteiger partial charge in [0.1, 0.15) is 29.4 Å². The lowest BCUT2D eigenvalue weighted by Gasteiger charge is -2.37. The van der Waals surface area contributed by atoms with Crippen molar-refractivity contribution in [2.24, 2.45) is 17.6 Å². The van der Waals surface area contributed by atoms with Crippen LogP contribution in [0.1, 0.15) is 44.1 Å². The van der Waals surface area contributed by atoms with E-state index in [0.717, 1.165) is 64.7 Å². The third kappa shape index (κ3) is 4.22. The summed E-state index contributed by atoms with van der Waals surface area (Å²) in [6.07, 6.45) is 14.1. The molecule has 2 unspecified atom stereocenters. The fraction of sp³-hybridized carbons (Fsp3) is 0.441. The van der Waals surface area contributed by atoms with Gasteiger partial charge in [0.2, 0.25) is 0 Å². The molecule has 9 heteroatoms. The molecule has 0 spiro atoms. The minimum atomic E-state index is -0.595. The number of nitrogens with two attached hydrogens (primary N) is 1. The van der Waals surface area contributed by atoms with Crippen molar-refractivity contribution in [2.45, 2.75) is 50.1 Å². The predicted octanol–water partition coefficient (Wildman–Crippen LogP) is 4.85. The third-order valence-electron chi connectivity index (χ3n) is 10.5. The Hall–Kier alpha value is -4.00. The number of ether oxygens (including phenoxy) is 1. The highest BCUT2D eigenvalue weighted by Crippen LogP contribution is 2.42. The van der Waals surface area contributed by atoms with E-state index in [1.54, 1.807) is 18.3 Å². The predicted molar refractivity (Wildman–Crippen MR) is 165 cm³/mol. The van der Waals surface area contributed by atoms with Gasteiger partial charge in [-0.05, 0) is 87.0 Å². The second-order valence-corrected chi connectivity index (χ2v) is 12.8. The van der Waals surface area contributed by atoms with Gasteiger partial charge in [-0.2, -0.15) is 9.97 Å². The molecule has 8 rings (SSSR count). The highest BCUT2D eigenvalue weighted by molar-refractivity contribution is 6.02. The molecule has 0 amide bonds. The number of anilines is 1. The van der Waals surface area contributed by atoms with Crippen molar-refractivity contribution in [1.82, 2.24) is 19.9 Å². The van der Waals surface area contributed by atoms with Crippen molar-refractivity contribution in [2.75, 3.05) is 37.7 Å². The van der Waals surface area contributed by atoms with Crippen LogP contribution in [0.2, 0.25) is 0 Å². The Morgan fingerprint density at radius 3 is 2.63 bits per heavy atom. The summed E-state index contributed by atoms with van der Waals surface area (Å²) >= 11 is 0. The van der Waals surface area contributed by atoms with Crippen LogP contribution in [-0.2, 0) is 0 Å². The van der Waals surface area contributed by atoms with Crippen molar-refractivity contribution in [3.05, 3.63) is 47.9 Å². The van der Waals surface area contributed by atoms with Crippen molar-refractivity contribution in [3.8, 4) is 35.4 Å². The Morgan fingerprint density at radius 1 is 1.12 bits per heavy atom. The molecule has 220 valence electrons. The van der Waals surface area contributed by atoms with E-state index >= 15 is 4.39 Å². The molecule has 1 aliphatic carbocycles. The molecule has 2 atom stereocenters. The molecule has 4 fully saturated rings. The Bertz CT molecular complexity index is 1780. The Labute approximate surface area is 250 Å². The maximum atomic E-state index is 16.8. The Morgan fingerprint density at radius 2 is 1.88 bits per heavy atom. The summed E-state index contributed by atoms with van der Waals surface area (Å²) in [6, 6.07) is 8.96. The molecule has 8 nitrogen and oxygen atoms in total. The number of phenolic OH excluding ortho intramolecular Hbond substituents is 1. The van der Waals surface area contributed by atoms with Crippen molar-refractivity contribution in [1.29, 1.82) is 0 Å². The number of aromatic nitrogens is 3. The SMILES string of the molecule is C#Cc1cccc2cc(O)cc(-c3ncc4c(N5CC6CCC(C5)C6N)nc(OCC56CCCN5CCC6)nc4c3F)c12. The topological polar surface area (TPSA) is 101 Å². The first-order valence-electron chi connectivity index (χ1n) is 15.4.